The Kier molecular flexibility index (Phi) is 4.00. The Hall–Kier alpha value is -0.570. The van der Waals surface area contributed by atoms with Crippen molar-refractivity contribution in [3.05, 3.63) is 0 Å². The smallest absolute Gasteiger partial charge is 0.240 e. The van der Waals surface area contributed by atoms with Crippen molar-refractivity contribution in [3.8, 4) is 0 Å². The fourth-order valence-corrected chi connectivity index (χ4v) is 3.64. The number of carbonyl (C=O) groups excluding carboxylic acids is 1. The molecule has 0 radical (unpaired) electrons. The molecule has 1 saturated carbocycles. The largest absolute Gasteiger partial charge is 0.325 e. The highest BCUT2D eigenvalue weighted by molar-refractivity contribution is 5.84. The number of hydrogen-bond donors (Lipinski definition) is 1. The van der Waals surface area contributed by atoms with Crippen molar-refractivity contribution in [3.63, 3.8) is 0 Å². The van der Waals surface area contributed by atoms with E-state index >= 15 is 0 Å². The van der Waals surface area contributed by atoms with Gasteiger partial charge in [0.1, 0.15) is 0 Å². The summed E-state index contributed by atoms with van der Waals surface area (Å²) in [5.74, 6) is 0.780. The normalized spacial score (nSPS) is 31.6. The second-order valence-corrected chi connectivity index (χ2v) is 6.60. The predicted molar refractivity (Wildman–Crippen MR) is 74.1 cm³/mol. The third-order valence-corrected chi connectivity index (χ3v) is 4.96. The number of carbonyl (C=O) groups is 1. The molecule has 0 aromatic rings. The number of nitrogens with zero attached hydrogens (tertiary/aromatic N) is 1. The summed E-state index contributed by atoms with van der Waals surface area (Å²) in [5.41, 5.74) is 0.397. The fraction of sp³-hybridized carbons (Fsp3) is 0.933. The molecule has 1 heterocycles. The summed E-state index contributed by atoms with van der Waals surface area (Å²) in [4.78, 5) is 14.5. The molecule has 0 bridgehead atoms. The van der Waals surface area contributed by atoms with E-state index in [-0.39, 0.29) is 12.2 Å². The van der Waals surface area contributed by atoms with E-state index in [1.54, 1.807) is 0 Å². The van der Waals surface area contributed by atoms with Gasteiger partial charge in [-0.2, -0.15) is 0 Å². The average molecular weight is 252 g/mol. The summed E-state index contributed by atoms with van der Waals surface area (Å²) in [6.45, 7) is 9.63. The van der Waals surface area contributed by atoms with Crippen LogP contribution in [0.25, 0.3) is 0 Å². The molecule has 2 fully saturated rings. The molecule has 2 aliphatic rings. The maximum absolute atomic E-state index is 12.3. The maximum atomic E-state index is 12.3. The first-order valence-corrected chi connectivity index (χ1v) is 7.55. The van der Waals surface area contributed by atoms with Crippen molar-refractivity contribution in [2.75, 3.05) is 6.54 Å². The van der Waals surface area contributed by atoms with E-state index in [1.807, 2.05) is 6.92 Å². The van der Waals surface area contributed by atoms with Gasteiger partial charge in [-0.05, 0) is 37.5 Å². The van der Waals surface area contributed by atoms with Crippen molar-refractivity contribution in [1.29, 1.82) is 0 Å². The monoisotopic (exact) mass is 252 g/mol. The molecule has 2 unspecified atom stereocenters. The zero-order valence-corrected chi connectivity index (χ0v) is 12.3. The number of nitrogens with one attached hydrogen (secondary N) is 1. The second-order valence-electron chi connectivity index (χ2n) is 6.60. The zero-order chi connectivity index (χ0) is 13.3. The van der Waals surface area contributed by atoms with Gasteiger partial charge in [0.2, 0.25) is 5.91 Å². The zero-order valence-electron chi connectivity index (χ0n) is 12.3. The van der Waals surface area contributed by atoms with Gasteiger partial charge in [-0.15, -0.1) is 0 Å². The van der Waals surface area contributed by atoms with E-state index < -0.39 is 0 Å². The van der Waals surface area contributed by atoms with Gasteiger partial charge in [0.25, 0.3) is 0 Å². The molecule has 2 rings (SSSR count). The summed E-state index contributed by atoms with van der Waals surface area (Å²) < 4.78 is 0. The maximum Gasteiger partial charge on any atom is 0.240 e. The molecule has 1 aliphatic heterocycles. The highest BCUT2D eigenvalue weighted by Crippen LogP contribution is 2.42. The molecular formula is C15H28N2O. The minimum absolute atomic E-state index is 0.00675. The molecule has 0 aromatic carbocycles. The van der Waals surface area contributed by atoms with Crippen molar-refractivity contribution in [2.24, 2.45) is 11.3 Å². The standard InChI is InChI=1S/C15H28N2O/c1-5-15(8-6-7-9-15)10-17-13(11(2)3)16-12(4)14(17)18/h11-13,16H,5-10H2,1-4H3. The minimum Gasteiger partial charge on any atom is -0.325 e. The van der Waals surface area contributed by atoms with Gasteiger partial charge in [0.15, 0.2) is 0 Å². The van der Waals surface area contributed by atoms with Crippen LogP contribution in [0.4, 0.5) is 0 Å². The Morgan fingerprint density at radius 1 is 1.39 bits per heavy atom. The lowest BCUT2D eigenvalue weighted by Gasteiger charge is -2.36. The average Bonchev–Trinajstić information content (AvgIpc) is 2.90. The first-order chi connectivity index (χ1) is 8.49. The fourth-order valence-electron chi connectivity index (χ4n) is 3.64. The molecule has 1 aliphatic carbocycles. The molecule has 3 heteroatoms. The first-order valence-electron chi connectivity index (χ1n) is 7.55. The van der Waals surface area contributed by atoms with Gasteiger partial charge in [-0.3, -0.25) is 10.1 Å². The Balaban J connectivity index is 2.12. The molecule has 1 saturated heterocycles. The minimum atomic E-state index is -0.00675. The van der Waals surface area contributed by atoms with Gasteiger partial charge in [0.05, 0.1) is 12.2 Å². The van der Waals surface area contributed by atoms with Gasteiger partial charge < -0.3 is 4.90 Å². The molecule has 1 amide bonds. The van der Waals surface area contributed by atoms with Crippen molar-refractivity contribution < 1.29 is 4.79 Å². The van der Waals surface area contributed by atoms with Crippen LogP contribution in [-0.2, 0) is 4.79 Å². The van der Waals surface area contributed by atoms with E-state index in [0.29, 0.717) is 17.2 Å². The lowest BCUT2D eigenvalue weighted by molar-refractivity contribution is -0.132. The topological polar surface area (TPSA) is 32.3 Å². The van der Waals surface area contributed by atoms with Crippen molar-refractivity contribution in [2.45, 2.75) is 72.0 Å². The van der Waals surface area contributed by atoms with Crippen molar-refractivity contribution >= 4 is 5.91 Å². The van der Waals surface area contributed by atoms with Crippen LogP contribution in [0.2, 0.25) is 0 Å². The molecular weight excluding hydrogens is 224 g/mol. The van der Waals surface area contributed by atoms with Crippen LogP contribution in [-0.4, -0.2) is 29.6 Å². The molecule has 2 atom stereocenters. The van der Waals surface area contributed by atoms with Gasteiger partial charge in [0, 0.05) is 6.54 Å². The summed E-state index contributed by atoms with van der Waals surface area (Å²) >= 11 is 0. The Morgan fingerprint density at radius 2 is 2.00 bits per heavy atom. The first kappa shape index (κ1) is 13.9. The molecule has 0 spiro atoms. The van der Waals surface area contributed by atoms with Crippen LogP contribution in [0, 0.1) is 11.3 Å². The van der Waals surface area contributed by atoms with Crippen LogP contribution in [0.3, 0.4) is 0 Å². The molecule has 104 valence electrons. The summed E-state index contributed by atoms with van der Waals surface area (Å²) in [6.07, 6.45) is 6.71. The van der Waals surface area contributed by atoms with Crippen LogP contribution in [0.5, 0.6) is 0 Å². The van der Waals surface area contributed by atoms with E-state index in [0.717, 1.165) is 6.54 Å². The second kappa shape index (κ2) is 5.20. The molecule has 18 heavy (non-hydrogen) atoms. The third-order valence-electron chi connectivity index (χ3n) is 4.96. The lowest BCUT2D eigenvalue weighted by Crippen LogP contribution is -2.46. The van der Waals surface area contributed by atoms with E-state index in [2.05, 4.69) is 31.0 Å². The molecule has 3 nitrogen and oxygen atoms in total. The molecule has 1 N–H and O–H groups in total. The quantitative estimate of drug-likeness (QED) is 0.834. The highest BCUT2D eigenvalue weighted by Gasteiger charge is 2.43. The lowest BCUT2D eigenvalue weighted by atomic mass is 9.82. The highest BCUT2D eigenvalue weighted by atomic mass is 16.2. The summed E-state index contributed by atoms with van der Waals surface area (Å²) in [6, 6.07) is -0.00675. The third kappa shape index (κ3) is 2.42. The van der Waals surface area contributed by atoms with Crippen molar-refractivity contribution in [1.82, 2.24) is 10.2 Å². The van der Waals surface area contributed by atoms with Gasteiger partial charge in [-0.25, -0.2) is 0 Å². The summed E-state index contributed by atoms with van der Waals surface area (Å²) in [5, 5.41) is 3.44. The van der Waals surface area contributed by atoms with Gasteiger partial charge in [-0.1, -0.05) is 33.6 Å². The van der Waals surface area contributed by atoms with Crippen LogP contribution in [0.15, 0.2) is 0 Å². The Labute approximate surface area is 111 Å². The van der Waals surface area contributed by atoms with E-state index in [9.17, 15) is 4.79 Å². The van der Waals surface area contributed by atoms with E-state index in [1.165, 1.54) is 32.1 Å². The SMILES string of the molecule is CCC1(CN2C(=O)C(C)NC2C(C)C)CCCC1. The number of rotatable bonds is 4. The Morgan fingerprint density at radius 3 is 2.50 bits per heavy atom. The summed E-state index contributed by atoms with van der Waals surface area (Å²) in [7, 11) is 0. The number of amides is 1. The van der Waals surface area contributed by atoms with Crippen LogP contribution < -0.4 is 5.32 Å². The predicted octanol–water partition coefficient (Wildman–Crippen LogP) is 2.76. The van der Waals surface area contributed by atoms with Gasteiger partial charge >= 0.3 is 0 Å². The Bertz CT molecular complexity index is 308. The van der Waals surface area contributed by atoms with E-state index in [4.69, 9.17) is 0 Å². The van der Waals surface area contributed by atoms with Crippen LogP contribution in [0.1, 0.15) is 59.8 Å². The number of hydrogen-bond acceptors (Lipinski definition) is 2. The van der Waals surface area contributed by atoms with Crippen LogP contribution >= 0.6 is 0 Å². The molecule has 0 aromatic heterocycles.